The van der Waals surface area contributed by atoms with Crippen molar-refractivity contribution in [1.82, 2.24) is 10.6 Å². The van der Waals surface area contributed by atoms with E-state index in [1.807, 2.05) is 48.5 Å². The Hall–Kier alpha value is -2.41. The zero-order valence-electron chi connectivity index (χ0n) is 24.8. The van der Waals surface area contributed by atoms with Gasteiger partial charge < -0.3 is 20.8 Å². The summed E-state index contributed by atoms with van der Waals surface area (Å²) in [5.74, 6) is 0. The van der Waals surface area contributed by atoms with E-state index in [2.05, 4.69) is 73.0 Å². The number of nitrogens with one attached hydrogen (secondary N) is 2. The lowest BCUT2D eigenvalue weighted by atomic mass is 9.99. The Morgan fingerprint density at radius 2 is 0.907 bits per heavy atom. The summed E-state index contributed by atoms with van der Waals surface area (Å²) in [4.78, 5) is 0. The molecule has 230 valence electrons. The first-order valence-corrected chi connectivity index (χ1v) is 15.5. The lowest BCUT2D eigenvalue weighted by Crippen LogP contribution is -2.32. The minimum absolute atomic E-state index is 0. The van der Waals surface area contributed by atoms with Crippen LogP contribution in [0.2, 0.25) is 10.0 Å². The highest BCUT2D eigenvalue weighted by Crippen LogP contribution is 2.19. The van der Waals surface area contributed by atoms with Gasteiger partial charge in [-0.25, -0.2) is 0 Å². The molecule has 4 atom stereocenters. The molecule has 0 aliphatic carbocycles. The van der Waals surface area contributed by atoms with Gasteiger partial charge in [0.1, 0.15) is 0 Å². The molecule has 0 aromatic heterocycles. The molecule has 7 heteroatoms. The summed E-state index contributed by atoms with van der Waals surface area (Å²) in [6.07, 6.45) is 2.63. The Morgan fingerprint density at radius 3 is 1.26 bits per heavy atom. The average Bonchev–Trinajstić information content (AvgIpc) is 2.99. The van der Waals surface area contributed by atoms with Crippen LogP contribution in [0.25, 0.3) is 0 Å². The van der Waals surface area contributed by atoms with Gasteiger partial charge in [0, 0.05) is 35.2 Å². The summed E-state index contributed by atoms with van der Waals surface area (Å²) in [7, 11) is 0. The molecule has 0 bridgehead atoms. The van der Waals surface area contributed by atoms with Crippen molar-refractivity contribution >= 4 is 35.6 Å². The molecular weight excluding hydrogens is 599 g/mol. The molecule has 0 radical (unpaired) electrons. The van der Waals surface area contributed by atoms with Gasteiger partial charge in [0.25, 0.3) is 0 Å². The quantitative estimate of drug-likeness (QED) is 0.107. The van der Waals surface area contributed by atoms with Crippen LogP contribution in [0.4, 0.5) is 0 Å². The normalized spacial score (nSPS) is 14.0. The summed E-state index contributed by atoms with van der Waals surface area (Å²) in [5, 5.41) is 29.0. The van der Waals surface area contributed by atoms with Gasteiger partial charge in [-0.1, -0.05) is 96.0 Å². The number of halogens is 3. The van der Waals surface area contributed by atoms with Crippen LogP contribution in [0.15, 0.2) is 97.1 Å². The van der Waals surface area contributed by atoms with Gasteiger partial charge in [0.2, 0.25) is 0 Å². The second-order valence-corrected chi connectivity index (χ2v) is 12.2. The second kappa shape index (κ2) is 17.8. The second-order valence-electron chi connectivity index (χ2n) is 11.3. The van der Waals surface area contributed by atoms with Crippen LogP contribution in [0, 0.1) is 0 Å². The molecule has 4 N–H and O–H groups in total. The van der Waals surface area contributed by atoms with E-state index in [1.54, 1.807) is 0 Å². The molecule has 0 aliphatic rings. The highest BCUT2D eigenvalue weighted by molar-refractivity contribution is 6.30. The molecule has 0 amide bonds. The fourth-order valence-corrected chi connectivity index (χ4v) is 5.51. The van der Waals surface area contributed by atoms with Crippen LogP contribution in [0.5, 0.6) is 0 Å². The first kappa shape index (κ1) is 35.1. The maximum absolute atomic E-state index is 10.5. The van der Waals surface area contributed by atoms with E-state index >= 15 is 0 Å². The largest absolute Gasteiger partial charge is 0.387 e. The highest BCUT2D eigenvalue weighted by atomic mass is 35.5. The lowest BCUT2D eigenvalue weighted by Gasteiger charge is -2.18. The maximum atomic E-state index is 10.5. The van der Waals surface area contributed by atoms with Crippen molar-refractivity contribution in [2.24, 2.45) is 0 Å². The molecule has 0 saturated carbocycles. The van der Waals surface area contributed by atoms with Crippen molar-refractivity contribution in [2.45, 2.75) is 63.8 Å². The van der Waals surface area contributed by atoms with Crippen molar-refractivity contribution in [2.75, 3.05) is 13.1 Å². The predicted octanol–water partition coefficient (Wildman–Crippen LogP) is 7.71. The Kier molecular flexibility index (Phi) is 14.5. The number of hydrogen-bond acceptors (Lipinski definition) is 4. The Bertz CT molecular complexity index is 1280. The Balaban J connectivity index is 0.00000506. The standard InChI is InChI=1S/C36H42Cl2N2O2.ClH/c1-25(39-23-35(41)31-5-3-7-33(37)21-31)19-29-15-11-27(12-16-29)9-10-28-13-17-30(18-14-28)20-26(2)40-24-36(42)32-6-4-8-34(38)22-32;/h3-8,11-18,21-22,25-26,35-36,39-42H,9-10,19-20,23-24H2,1-2H3;1H/t25-,26-,35+,36+;/m1./s1. The number of aliphatic hydroxyl groups excluding tert-OH is 2. The molecule has 0 heterocycles. The number of hydrogen-bond donors (Lipinski definition) is 4. The fourth-order valence-electron chi connectivity index (χ4n) is 5.11. The first-order chi connectivity index (χ1) is 20.2. The number of benzene rings is 4. The van der Waals surface area contributed by atoms with Crippen LogP contribution in [-0.2, 0) is 25.7 Å². The summed E-state index contributed by atoms with van der Waals surface area (Å²) in [6, 6.07) is 33.0. The van der Waals surface area contributed by atoms with Gasteiger partial charge in [-0.2, -0.15) is 0 Å². The molecule has 0 saturated heterocycles. The molecule has 0 fully saturated rings. The third-order valence-electron chi connectivity index (χ3n) is 7.62. The van der Waals surface area contributed by atoms with Crippen LogP contribution in [0.1, 0.15) is 59.4 Å². The zero-order valence-corrected chi connectivity index (χ0v) is 27.2. The highest BCUT2D eigenvalue weighted by Gasteiger charge is 2.12. The molecule has 0 aliphatic heterocycles. The van der Waals surface area contributed by atoms with Crippen LogP contribution < -0.4 is 10.6 Å². The Labute approximate surface area is 272 Å². The molecule has 4 aromatic rings. The van der Waals surface area contributed by atoms with E-state index in [-0.39, 0.29) is 24.5 Å². The van der Waals surface area contributed by atoms with Gasteiger partial charge in [0.05, 0.1) is 12.2 Å². The van der Waals surface area contributed by atoms with E-state index in [4.69, 9.17) is 23.2 Å². The minimum Gasteiger partial charge on any atom is -0.387 e. The van der Waals surface area contributed by atoms with Crippen LogP contribution in [-0.4, -0.2) is 35.4 Å². The summed E-state index contributed by atoms with van der Waals surface area (Å²) in [5.41, 5.74) is 6.88. The average molecular weight is 642 g/mol. The molecule has 43 heavy (non-hydrogen) atoms. The van der Waals surface area contributed by atoms with Gasteiger partial charge >= 0.3 is 0 Å². The minimum atomic E-state index is -0.581. The number of aliphatic hydroxyl groups is 2. The third kappa shape index (κ3) is 11.9. The molecular formula is C36H43Cl3N2O2. The lowest BCUT2D eigenvalue weighted by molar-refractivity contribution is 0.170. The van der Waals surface area contributed by atoms with Crippen LogP contribution in [0.3, 0.4) is 0 Å². The first-order valence-electron chi connectivity index (χ1n) is 14.7. The van der Waals surface area contributed by atoms with E-state index in [0.29, 0.717) is 23.1 Å². The smallest absolute Gasteiger partial charge is 0.0914 e. The summed E-state index contributed by atoms with van der Waals surface area (Å²) >= 11 is 12.1. The van der Waals surface area contributed by atoms with E-state index < -0.39 is 12.2 Å². The van der Waals surface area contributed by atoms with Crippen molar-refractivity contribution in [3.8, 4) is 0 Å². The topological polar surface area (TPSA) is 64.5 Å². The summed E-state index contributed by atoms with van der Waals surface area (Å²) < 4.78 is 0. The molecule has 4 aromatic carbocycles. The van der Waals surface area contributed by atoms with Gasteiger partial charge in [-0.15, -0.1) is 12.4 Å². The monoisotopic (exact) mass is 640 g/mol. The Morgan fingerprint density at radius 1 is 0.558 bits per heavy atom. The maximum Gasteiger partial charge on any atom is 0.0914 e. The zero-order chi connectivity index (χ0) is 29.9. The van der Waals surface area contributed by atoms with E-state index in [1.165, 1.54) is 22.3 Å². The van der Waals surface area contributed by atoms with Crippen molar-refractivity contribution in [3.63, 3.8) is 0 Å². The molecule has 0 spiro atoms. The molecule has 4 rings (SSSR count). The fraction of sp³-hybridized carbons (Fsp3) is 0.333. The number of aryl methyl sites for hydroxylation is 2. The predicted molar refractivity (Wildman–Crippen MR) is 183 cm³/mol. The van der Waals surface area contributed by atoms with Crippen LogP contribution >= 0.6 is 35.6 Å². The van der Waals surface area contributed by atoms with Gasteiger partial charge in [-0.05, 0) is 97.2 Å². The van der Waals surface area contributed by atoms with E-state index in [0.717, 1.165) is 36.8 Å². The summed E-state index contributed by atoms with van der Waals surface area (Å²) in [6.45, 7) is 5.26. The van der Waals surface area contributed by atoms with Crippen molar-refractivity contribution in [3.05, 3.63) is 140 Å². The van der Waals surface area contributed by atoms with Crippen molar-refractivity contribution in [1.29, 1.82) is 0 Å². The third-order valence-corrected chi connectivity index (χ3v) is 8.09. The molecule has 0 unspecified atom stereocenters. The number of rotatable bonds is 15. The van der Waals surface area contributed by atoms with Gasteiger partial charge in [-0.3, -0.25) is 0 Å². The SMILES string of the molecule is C[C@H](Cc1ccc(CCc2ccc(C[C@@H](C)NC[C@H](O)c3cccc(Cl)c3)cc2)cc1)NC[C@H](O)c1cccc(Cl)c1.Cl. The van der Waals surface area contributed by atoms with Gasteiger partial charge in [0.15, 0.2) is 0 Å². The van der Waals surface area contributed by atoms with Crippen molar-refractivity contribution < 1.29 is 10.2 Å². The molecule has 4 nitrogen and oxygen atoms in total. The van der Waals surface area contributed by atoms with E-state index in [9.17, 15) is 10.2 Å².